The molecule has 0 radical (unpaired) electrons. The Balaban J connectivity index is 2.36. The zero-order chi connectivity index (χ0) is 15.8. The number of urea groups is 1. The molecule has 1 aliphatic heterocycles. The number of ether oxygens (including phenoxy) is 1. The van der Waals surface area contributed by atoms with Gasteiger partial charge in [-0.1, -0.05) is 6.92 Å². The quantitative estimate of drug-likeness (QED) is 0.722. The first-order valence-electron chi connectivity index (χ1n) is 7.37. The SMILES string of the molecule is CCC1COC(C)CN1C(=O)NC(=O)CCCCC(=O)O. The van der Waals surface area contributed by atoms with Gasteiger partial charge < -0.3 is 14.7 Å². The number of carbonyl (C=O) groups excluding carboxylic acids is 2. The molecule has 0 aromatic heterocycles. The van der Waals surface area contributed by atoms with Crippen LogP contribution in [0.25, 0.3) is 0 Å². The largest absolute Gasteiger partial charge is 0.481 e. The van der Waals surface area contributed by atoms with Crippen LogP contribution >= 0.6 is 0 Å². The second-order valence-corrected chi connectivity index (χ2v) is 5.31. The summed E-state index contributed by atoms with van der Waals surface area (Å²) in [4.78, 5) is 35.8. The fourth-order valence-corrected chi connectivity index (χ4v) is 2.25. The van der Waals surface area contributed by atoms with Crippen LogP contribution < -0.4 is 5.32 Å². The van der Waals surface area contributed by atoms with Crippen molar-refractivity contribution in [2.24, 2.45) is 0 Å². The van der Waals surface area contributed by atoms with Gasteiger partial charge in [0.15, 0.2) is 0 Å². The van der Waals surface area contributed by atoms with E-state index in [1.807, 2.05) is 13.8 Å². The Morgan fingerprint density at radius 3 is 2.57 bits per heavy atom. The molecule has 0 saturated carbocycles. The number of unbranched alkanes of at least 4 members (excludes halogenated alkanes) is 1. The molecule has 2 atom stereocenters. The summed E-state index contributed by atoms with van der Waals surface area (Å²) in [6, 6.07) is -0.402. The third-order valence-corrected chi connectivity index (χ3v) is 3.49. The van der Waals surface area contributed by atoms with E-state index in [4.69, 9.17) is 9.84 Å². The van der Waals surface area contributed by atoms with E-state index in [9.17, 15) is 14.4 Å². The molecular weight excluding hydrogens is 276 g/mol. The minimum atomic E-state index is -0.875. The highest BCUT2D eigenvalue weighted by Gasteiger charge is 2.30. The fourth-order valence-electron chi connectivity index (χ4n) is 2.25. The smallest absolute Gasteiger partial charge is 0.324 e. The second-order valence-electron chi connectivity index (χ2n) is 5.31. The van der Waals surface area contributed by atoms with Crippen molar-refractivity contribution in [3.8, 4) is 0 Å². The van der Waals surface area contributed by atoms with Crippen molar-refractivity contribution in [1.82, 2.24) is 10.2 Å². The van der Waals surface area contributed by atoms with Crippen LogP contribution in [0.1, 0.15) is 46.0 Å². The highest BCUT2D eigenvalue weighted by molar-refractivity contribution is 5.94. The lowest BCUT2D eigenvalue weighted by Gasteiger charge is -2.37. The molecule has 1 saturated heterocycles. The van der Waals surface area contributed by atoms with Gasteiger partial charge in [-0.15, -0.1) is 0 Å². The number of amides is 3. The van der Waals surface area contributed by atoms with Crippen molar-refractivity contribution in [1.29, 1.82) is 0 Å². The Kier molecular flexibility index (Phi) is 7.14. The first-order valence-corrected chi connectivity index (χ1v) is 7.37. The van der Waals surface area contributed by atoms with Gasteiger partial charge in [0, 0.05) is 19.4 Å². The number of carboxylic acid groups (broad SMARTS) is 1. The van der Waals surface area contributed by atoms with E-state index in [1.165, 1.54) is 0 Å². The van der Waals surface area contributed by atoms with Crippen LogP contribution in [0.3, 0.4) is 0 Å². The number of nitrogens with one attached hydrogen (secondary N) is 1. The van der Waals surface area contributed by atoms with Crippen LogP contribution in [0.15, 0.2) is 0 Å². The van der Waals surface area contributed by atoms with Crippen LogP contribution in [0.4, 0.5) is 4.79 Å². The minimum absolute atomic E-state index is 0.0130. The fraction of sp³-hybridized carbons (Fsp3) is 0.786. The zero-order valence-electron chi connectivity index (χ0n) is 12.6. The number of imide groups is 1. The molecule has 0 bridgehead atoms. The van der Waals surface area contributed by atoms with E-state index in [0.717, 1.165) is 6.42 Å². The van der Waals surface area contributed by atoms with E-state index >= 15 is 0 Å². The Hall–Kier alpha value is -1.63. The summed E-state index contributed by atoms with van der Waals surface area (Å²) in [5.41, 5.74) is 0. The van der Waals surface area contributed by atoms with Gasteiger partial charge in [0.05, 0.1) is 18.8 Å². The minimum Gasteiger partial charge on any atom is -0.481 e. The first-order chi connectivity index (χ1) is 9.93. The van der Waals surface area contributed by atoms with Gasteiger partial charge in [-0.05, 0) is 26.2 Å². The average molecular weight is 300 g/mol. The number of hydrogen-bond donors (Lipinski definition) is 2. The molecule has 7 heteroatoms. The Morgan fingerprint density at radius 1 is 1.29 bits per heavy atom. The third kappa shape index (κ3) is 6.12. The molecule has 1 aliphatic rings. The van der Waals surface area contributed by atoms with Gasteiger partial charge in [-0.3, -0.25) is 14.9 Å². The molecular formula is C14H24N2O5. The second kappa shape index (κ2) is 8.61. The van der Waals surface area contributed by atoms with E-state index in [0.29, 0.717) is 26.0 Å². The molecule has 0 aromatic rings. The highest BCUT2D eigenvalue weighted by Crippen LogP contribution is 2.14. The maximum Gasteiger partial charge on any atom is 0.324 e. The summed E-state index contributed by atoms with van der Waals surface area (Å²) in [5, 5.41) is 10.9. The first kappa shape index (κ1) is 17.4. The molecule has 2 unspecified atom stereocenters. The molecule has 2 N–H and O–H groups in total. The van der Waals surface area contributed by atoms with Gasteiger partial charge in [0.2, 0.25) is 5.91 Å². The van der Waals surface area contributed by atoms with Crippen molar-refractivity contribution >= 4 is 17.9 Å². The van der Waals surface area contributed by atoms with Gasteiger partial charge in [-0.25, -0.2) is 4.79 Å². The molecule has 0 spiro atoms. The van der Waals surface area contributed by atoms with Crippen LogP contribution in [-0.2, 0) is 14.3 Å². The van der Waals surface area contributed by atoms with Gasteiger partial charge >= 0.3 is 12.0 Å². The van der Waals surface area contributed by atoms with Crippen molar-refractivity contribution in [3.63, 3.8) is 0 Å². The van der Waals surface area contributed by atoms with E-state index < -0.39 is 5.97 Å². The van der Waals surface area contributed by atoms with Crippen LogP contribution in [-0.4, -0.2) is 53.2 Å². The lowest BCUT2D eigenvalue weighted by Crippen LogP contribution is -2.55. The topological polar surface area (TPSA) is 95.9 Å². The predicted octanol–water partition coefficient (Wildman–Crippen LogP) is 1.37. The number of aliphatic carboxylic acids is 1. The lowest BCUT2D eigenvalue weighted by molar-refractivity contribution is -0.137. The highest BCUT2D eigenvalue weighted by atomic mass is 16.5. The normalized spacial score (nSPS) is 21.9. The Labute approximate surface area is 124 Å². The van der Waals surface area contributed by atoms with Gasteiger partial charge in [-0.2, -0.15) is 0 Å². The molecule has 1 rings (SSSR count). The molecule has 21 heavy (non-hydrogen) atoms. The van der Waals surface area contributed by atoms with Crippen molar-refractivity contribution in [3.05, 3.63) is 0 Å². The average Bonchev–Trinajstić information content (AvgIpc) is 2.43. The van der Waals surface area contributed by atoms with E-state index in [1.54, 1.807) is 4.90 Å². The summed E-state index contributed by atoms with van der Waals surface area (Å²) in [5.74, 6) is -1.24. The molecule has 0 aromatic carbocycles. The maximum absolute atomic E-state index is 12.1. The number of hydrogen-bond acceptors (Lipinski definition) is 4. The molecule has 120 valence electrons. The van der Waals surface area contributed by atoms with Crippen LogP contribution in [0.2, 0.25) is 0 Å². The lowest BCUT2D eigenvalue weighted by atomic mass is 10.1. The summed E-state index contributed by atoms with van der Waals surface area (Å²) in [6.45, 7) is 4.81. The standard InChI is InChI=1S/C14H24N2O5/c1-3-11-9-21-10(2)8-16(11)14(20)15-12(17)6-4-5-7-13(18)19/h10-11H,3-9H2,1-2H3,(H,18,19)(H,15,17,20). The summed E-state index contributed by atoms with van der Waals surface area (Å²) < 4.78 is 5.51. The number of nitrogens with zero attached hydrogens (tertiary/aromatic N) is 1. The van der Waals surface area contributed by atoms with Crippen molar-refractivity contribution in [2.75, 3.05) is 13.2 Å². The number of morpholine rings is 1. The maximum atomic E-state index is 12.1. The zero-order valence-corrected chi connectivity index (χ0v) is 12.6. The van der Waals surface area contributed by atoms with E-state index in [2.05, 4.69) is 5.32 Å². The number of rotatable bonds is 6. The summed E-state index contributed by atoms with van der Waals surface area (Å²) in [7, 11) is 0. The molecule has 3 amide bonds. The summed E-state index contributed by atoms with van der Waals surface area (Å²) >= 11 is 0. The molecule has 1 fully saturated rings. The number of carboxylic acids is 1. The number of carbonyl (C=O) groups is 3. The predicted molar refractivity (Wildman–Crippen MR) is 75.8 cm³/mol. The third-order valence-electron chi connectivity index (χ3n) is 3.49. The van der Waals surface area contributed by atoms with Crippen LogP contribution in [0.5, 0.6) is 0 Å². The molecule has 7 nitrogen and oxygen atoms in total. The Morgan fingerprint density at radius 2 is 1.95 bits per heavy atom. The van der Waals surface area contributed by atoms with Gasteiger partial charge in [0.1, 0.15) is 0 Å². The molecule has 0 aliphatic carbocycles. The van der Waals surface area contributed by atoms with Gasteiger partial charge in [0.25, 0.3) is 0 Å². The van der Waals surface area contributed by atoms with Crippen molar-refractivity contribution in [2.45, 2.75) is 58.1 Å². The molecule has 1 heterocycles. The van der Waals surface area contributed by atoms with Crippen LogP contribution in [0, 0.1) is 0 Å². The van der Waals surface area contributed by atoms with Crippen molar-refractivity contribution < 1.29 is 24.2 Å². The monoisotopic (exact) mass is 300 g/mol. The Bertz CT molecular complexity index is 386. The van der Waals surface area contributed by atoms with E-state index in [-0.39, 0.29) is 36.9 Å². The summed E-state index contributed by atoms with van der Waals surface area (Å²) in [6.07, 6.45) is 1.83.